The number of amides is 5. The molecule has 2 fully saturated rings. The van der Waals surface area contributed by atoms with Crippen LogP contribution in [0.25, 0.3) is 0 Å². The Labute approximate surface area is 284 Å². The Kier molecular flexibility index (Phi) is 12.4. The molecule has 1 aliphatic carbocycles. The van der Waals surface area contributed by atoms with Crippen LogP contribution < -0.4 is 21.7 Å². The summed E-state index contributed by atoms with van der Waals surface area (Å²) in [5, 5.41) is 8.28. The number of likely N-dealkylation sites (tertiary alicyclic amines) is 1. The van der Waals surface area contributed by atoms with Crippen LogP contribution in [0.2, 0.25) is 0 Å². The van der Waals surface area contributed by atoms with Gasteiger partial charge in [0.15, 0.2) is 0 Å². The first kappa shape index (κ1) is 38.5. The number of carbonyl (C=O) groups is 6. The fourth-order valence-electron chi connectivity index (χ4n) is 6.23. The number of urea groups is 1. The molecule has 1 aromatic carbocycles. The Hall–Kier alpha value is -3.96. The number of ether oxygens (including phenoxy) is 1. The molecule has 0 bridgehead atoms. The number of nitrogens with zero attached hydrogens (tertiary/aromatic N) is 1. The van der Waals surface area contributed by atoms with E-state index < -0.39 is 76.6 Å². The van der Waals surface area contributed by atoms with Gasteiger partial charge in [0.05, 0.1) is 6.04 Å². The number of Topliss-reactive ketones (excluding diaryl/α,β-unsaturated/α-hetero) is 1. The lowest BCUT2D eigenvalue weighted by Gasteiger charge is -2.37. The van der Waals surface area contributed by atoms with Crippen LogP contribution in [0.15, 0.2) is 30.3 Å². The first-order valence-corrected chi connectivity index (χ1v) is 17.0. The van der Waals surface area contributed by atoms with Gasteiger partial charge in [-0.25, -0.2) is 9.59 Å². The molecule has 5 amide bonds. The van der Waals surface area contributed by atoms with E-state index >= 15 is 0 Å². The molecule has 12 nitrogen and oxygen atoms in total. The smallest absolute Gasteiger partial charge is 0.329 e. The lowest BCUT2D eigenvalue weighted by molar-refractivity contribution is -0.153. The van der Waals surface area contributed by atoms with Gasteiger partial charge in [0, 0.05) is 6.54 Å². The van der Waals surface area contributed by atoms with Gasteiger partial charge in [-0.3, -0.25) is 19.2 Å². The zero-order chi connectivity index (χ0) is 36.1. The zero-order valence-corrected chi connectivity index (χ0v) is 29.9. The molecule has 12 heteroatoms. The highest BCUT2D eigenvalue weighted by Crippen LogP contribution is 2.36. The highest BCUT2D eigenvalue weighted by molar-refractivity contribution is 6.37. The molecule has 2 unspecified atom stereocenters. The standard InChI is InChI=1S/C36H55N5O7/c1-20(2)24-17-18-41(26(24)31(44)38-25(19-22-15-16-22)27(42)30(37)43)32(45)28(35(4,5)6)39-34(47)40-29(36(7,8)9)33(46)48-21(3)23-13-11-10-12-14-23/h10-14,20-22,24-26,28-29H,15-19H2,1-9H3,(H2,37,43)(H,38,44)(H2,39,40,47)/t21-,24?,25?,26-,28+,29+/m0/s1. The summed E-state index contributed by atoms with van der Waals surface area (Å²) in [7, 11) is 0. The number of ketones is 1. The van der Waals surface area contributed by atoms with Gasteiger partial charge in [-0.1, -0.05) is 98.6 Å². The predicted molar refractivity (Wildman–Crippen MR) is 181 cm³/mol. The minimum absolute atomic E-state index is 0.0217. The van der Waals surface area contributed by atoms with E-state index in [1.165, 1.54) is 4.90 Å². The largest absolute Gasteiger partial charge is 0.456 e. The van der Waals surface area contributed by atoms with Crippen LogP contribution in [-0.2, 0) is 28.7 Å². The summed E-state index contributed by atoms with van der Waals surface area (Å²) in [6.45, 7) is 16.8. The summed E-state index contributed by atoms with van der Waals surface area (Å²) >= 11 is 0. The predicted octanol–water partition coefficient (Wildman–Crippen LogP) is 3.63. The fraction of sp³-hybridized carbons (Fsp3) is 0.667. The number of nitrogens with one attached hydrogen (secondary N) is 3. The molecular formula is C36H55N5O7. The van der Waals surface area contributed by atoms with Gasteiger partial charge >= 0.3 is 12.0 Å². The monoisotopic (exact) mass is 669 g/mol. The molecule has 0 spiro atoms. The molecule has 1 heterocycles. The first-order valence-electron chi connectivity index (χ1n) is 17.0. The molecule has 1 aliphatic heterocycles. The maximum atomic E-state index is 14.3. The second-order valence-electron chi connectivity index (χ2n) is 15.8. The molecule has 0 aromatic heterocycles. The van der Waals surface area contributed by atoms with Crippen molar-refractivity contribution in [3.8, 4) is 0 Å². The Bertz CT molecular complexity index is 1350. The highest BCUT2D eigenvalue weighted by Gasteiger charge is 2.48. The summed E-state index contributed by atoms with van der Waals surface area (Å²) in [6.07, 6.45) is 2.11. The SMILES string of the molecule is CC(C)C1CCN(C(=O)[C@@H](NC(=O)N[C@H](C(=O)O[C@@H](C)c2ccccc2)C(C)(C)C)C(C)(C)C)[C@@H]1C(=O)NC(CC1CC1)C(=O)C(N)=O. The quantitative estimate of drug-likeness (QED) is 0.183. The third kappa shape index (κ3) is 10.0. The van der Waals surface area contributed by atoms with Gasteiger partial charge in [0.2, 0.25) is 17.6 Å². The second-order valence-corrected chi connectivity index (χ2v) is 15.8. The Morgan fingerprint density at radius 2 is 1.42 bits per heavy atom. The molecule has 2 aliphatic rings. The third-order valence-corrected chi connectivity index (χ3v) is 9.32. The van der Waals surface area contributed by atoms with E-state index in [1.54, 1.807) is 48.5 Å². The zero-order valence-electron chi connectivity index (χ0n) is 29.9. The van der Waals surface area contributed by atoms with E-state index in [2.05, 4.69) is 16.0 Å². The van der Waals surface area contributed by atoms with Gasteiger partial charge in [-0.2, -0.15) is 0 Å². The van der Waals surface area contributed by atoms with E-state index in [4.69, 9.17) is 10.5 Å². The fourth-order valence-corrected chi connectivity index (χ4v) is 6.23. The molecular weight excluding hydrogens is 614 g/mol. The van der Waals surface area contributed by atoms with E-state index in [0.717, 1.165) is 18.4 Å². The molecule has 1 saturated heterocycles. The first-order chi connectivity index (χ1) is 22.2. The molecule has 0 radical (unpaired) electrons. The van der Waals surface area contributed by atoms with Crippen molar-refractivity contribution in [1.29, 1.82) is 0 Å². The van der Waals surface area contributed by atoms with Crippen LogP contribution in [0.4, 0.5) is 4.79 Å². The van der Waals surface area contributed by atoms with Crippen molar-refractivity contribution in [3.05, 3.63) is 35.9 Å². The number of esters is 1. The minimum atomic E-state index is -1.12. The summed E-state index contributed by atoms with van der Waals surface area (Å²) in [6, 6.07) is 4.43. The molecule has 266 valence electrons. The topological polar surface area (TPSA) is 177 Å². The van der Waals surface area contributed by atoms with Crippen molar-refractivity contribution >= 4 is 35.5 Å². The van der Waals surface area contributed by atoms with Gasteiger partial charge in [0.1, 0.15) is 24.2 Å². The summed E-state index contributed by atoms with van der Waals surface area (Å²) in [4.78, 5) is 81.0. The van der Waals surface area contributed by atoms with Crippen molar-refractivity contribution in [1.82, 2.24) is 20.9 Å². The number of hydrogen-bond donors (Lipinski definition) is 4. The number of carbonyl (C=O) groups excluding carboxylic acids is 6. The number of nitrogens with two attached hydrogens (primary N) is 1. The summed E-state index contributed by atoms with van der Waals surface area (Å²) in [5.41, 5.74) is 4.59. The van der Waals surface area contributed by atoms with Crippen LogP contribution in [-0.4, -0.2) is 71.1 Å². The van der Waals surface area contributed by atoms with Crippen molar-refractivity contribution < 1.29 is 33.5 Å². The Balaban J connectivity index is 1.81. The van der Waals surface area contributed by atoms with Crippen LogP contribution in [0.5, 0.6) is 0 Å². The van der Waals surface area contributed by atoms with Crippen molar-refractivity contribution in [3.63, 3.8) is 0 Å². The van der Waals surface area contributed by atoms with Crippen LogP contribution in [0, 0.1) is 28.6 Å². The highest BCUT2D eigenvalue weighted by atomic mass is 16.5. The van der Waals surface area contributed by atoms with Crippen LogP contribution >= 0.6 is 0 Å². The average Bonchev–Trinajstić information content (AvgIpc) is 3.69. The molecule has 3 rings (SSSR count). The van der Waals surface area contributed by atoms with E-state index in [0.29, 0.717) is 12.8 Å². The molecule has 6 atom stereocenters. The number of rotatable bonds is 13. The molecule has 48 heavy (non-hydrogen) atoms. The lowest BCUT2D eigenvalue weighted by Crippen LogP contribution is -2.62. The maximum Gasteiger partial charge on any atom is 0.329 e. The Morgan fingerprint density at radius 3 is 1.92 bits per heavy atom. The van der Waals surface area contributed by atoms with E-state index in [-0.39, 0.29) is 24.3 Å². The molecule has 5 N–H and O–H groups in total. The van der Waals surface area contributed by atoms with Gasteiger partial charge in [-0.15, -0.1) is 0 Å². The van der Waals surface area contributed by atoms with Crippen LogP contribution in [0.1, 0.15) is 99.7 Å². The normalized spacial score (nSPS) is 20.7. The molecule has 1 saturated carbocycles. The van der Waals surface area contributed by atoms with Gasteiger partial charge in [0.25, 0.3) is 5.91 Å². The minimum Gasteiger partial charge on any atom is -0.456 e. The maximum absolute atomic E-state index is 14.3. The van der Waals surface area contributed by atoms with Crippen molar-refractivity contribution in [2.75, 3.05) is 6.54 Å². The summed E-state index contributed by atoms with van der Waals surface area (Å²) < 4.78 is 5.74. The number of hydrogen-bond acceptors (Lipinski definition) is 7. The van der Waals surface area contributed by atoms with Gasteiger partial charge < -0.3 is 31.3 Å². The average molecular weight is 670 g/mol. The van der Waals surface area contributed by atoms with E-state index in [1.807, 2.05) is 44.2 Å². The second kappa shape index (κ2) is 15.5. The number of primary amides is 1. The summed E-state index contributed by atoms with van der Waals surface area (Å²) in [5.74, 6) is -3.55. The lowest BCUT2D eigenvalue weighted by atomic mass is 9.84. The molecule has 1 aromatic rings. The third-order valence-electron chi connectivity index (χ3n) is 9.32. The number of benzene rings is 1. The van der Waals surface area contributed by atoms with Gasteiger partial charge in [-0.05, 0) is 53.9 Å². The van der Waals surface area contributed by atoms with Crippen molar-refractivity contribution in [2.24, 2.45) is 34.3 Å². The Morgan fingerprint density at radius 1 is 0.854 bits per heavy atom. The van der Waals surface area contributed by atoms with E-state index in [9.17, 15) is 28.8 Å². The van der Waals surface area contributed by atoms with Crippen LogP contribution in [0.3, 0.4) is 0 Å². The van der Waals surface area contributed by atoms with Crippen molar-refractivity contribution in [2.45, 2.75) is 118 Å².